The fraction of sp³-hybridized carbons (Fsp3) is 0.381. The molecule has 3 rings (SSSR count). The van der Waals surface area contributed by atoms with Crippen LogP contribution in [0.5, 0.6) is 5.75 Å². The number of nitrogens with zero attached hydrogens (tertiary/aromatic N) is 2. The van der Waals surface area contributed by atoms with Crippen LogP contribution in [0.3, 0.4) is 0 Å². The van der Waals surface area contributed by atoms with E-state index in [1.165, 1.54) is 0 Å². The molecule has 0 spiro atoms. The molecule has 2 heterocycles. The molecule has 0 aliphatic carbocycles. The lowest BCUT2D eigenvalue weighted by atomic mass is 9.92. The largest absolute Gasteiger partial charge is 0.497 e. The Bertz CT molecular complexity index is 777. The van der Waals surface area contributed by atoms with Gasteiger partial charge in [0, 0.05) is 19.2 Å². The van der Waals surface area contributed by atoms with Crippen molar-refractivity contribution in [2.45, 2.75) is 32.2 Å². The number of hydrogen-bond acceptors (Lipinski definition) is 4. The van der Waals surface area contributed by atoms with E-state index in [0.29, 0.717) is 12.2 Å². The highest BCUT2D eigenvalue weighted by Gasteiger charge is 2.44. The standard InChI is InChI=1S/C21H25N3O3/c1-3-4-12-24-19(25)13-18(21(26)23-16-6-5-11-22-14-16)20(24)15-7-9-17(27-2)10-8-15/h5-11,14,18,20H,3-4,12-13H2,1-2H3,(H,23,26). The third kappa shape index (κ3) is 4.27. The van der Waals surface area contributed by atoms with E-state index in [9.17, 15) is 9.59 Å². The molecule has 6 heteroatoms. The Morgan fingerprint density at radius 3 is 2.70 bits per heavy atom. The highest BCUT2D eigenvalue weighted by Crippen LogP contribution is 2.39. The second-order valence-electron chi connectivity index (χ2n) is 6.70. The summed E-state index contributed by atoms with van der Waals surface area (Å²) in [6.07, 6.45) is 5.38. The number of methoxy groups -OCH3 is 1. The van der Waals surface area contributed by atoms with Crippen LogP contribution in [-0.4, -0.2) is 35.4 Å². The second-order valence-corrected chi connectivity index (χ2v) is 6.70. The summed E-state index contributed by atoms with van der Waals surface area (Å²) in [7, 11) is 1.62. The summed E-state index contributed by atoms with van der Waals surface area (Å²) in [5.41, 5.74) is 1.58. The number of nitrogens with one attached hydrogen (secondary N) is 1. The van der Waals surface area contributed by atoms with Gasteiger partial charge in [-0.15, -0.1) is 0 Å². The zero-order valence-corrected chi connectivity index (χ0v) is 15.7. The number of unbranched alkanes of at least 4 members (excludes halogenated alkanes) is 1. The summed E-state index contributed by atoms with van der Waals surface area (Å²) in [5, 5.41) is 2.90. The fourth-order valence-corrected chi connectivity index (χ4v) is 3.50. The highest BCUT2D eigenvalue weighted by molar-refractivity contribution is 5.97. The molecule has 1 aliphatic rings. The Labute approximate surface area is 159 Å². The van der Waals surface area contributed by atoms with Gasteiger partial charge in [0.1, 0.15) is 5.75 Å². The van der Waals surface area contributed by atoms with Gasteiger partial charge in [-0.1, -0.05) is 25.5 Å². The van der Waals surface area contributed by atoms with Gasteiger partial charge in [0.05, 0.1) is 31.0 Å². The molecule has 2 amide bonds. The SMILES string of the molecule is CCCCN1C(=O)CC(C(=O)Nc2cccnc2)C1c1ccc(OC)cc1. The van der Waals surface area contributed by atoms with Gasteiger partial charge in [0.2, 0.25) is 11.8 Å². The molecule has 6 nitrogen and oxygen atoms in total. The van der Waals surface area contributed by atoms with E-state index < -0.39 is 5.92 Å². The Balaban J connectivity index is 1.87. The molecular formula is C21H25N3O3. The molecule has 2 atom stereocenters. The van der Waals surface area contributed by atoms with Crippen molar-refractivity contribution in [3.63, 3.8) is 0 Å². The van der Waals surface area contributed by atoms with Crippen LogP contribution in [-0.2, 0) is 9.59 Å². The van der Waals surface area contributed by atoms with Crippen LogP contribution in [0.2, 0.25) is 0 Å². The predicted molar refractivity (Wildman–Crippen MR) is 103 cm³/mol. The monoisotopic (exact) mass is 367 g/mol. The molecule has 0 saturated carbocycles. The molecule has 1 fully saturated rings. The molecule has 1 saturated heterocycles. The van der Waals surface area contributed by atoms with Gasteiger partial charge < -0.3 is 15.0 Å². The number of aromatic nitrogens is 1. The molecular weight excluding hydrogens is 342 g/mol. The molecule has 0 bridgehead atoms. The zero-order valence-electron chi connectivity index (χ0n) is 15.7. The normalized spacial score (nSPS) is 19.2. The summed E-state index contributed by atoms with van der Waals surface area (Å²) in [4.78, 5) is 31.5. The summed E-state index contributed by atoms with van der Waals surface area (Å²) in [6, 6.07) is 10.9. The number of rotatable bonds is 7. The number of likely N-dealkylation sites (tertiary alicyclic amines) is 1. The maximum atomic E-state index is 12.9. The van der Waals surface area contributed by atoms with Crippen molar-refractivity contribution in [2.24, 2.45) is 5.92 Å². The van der Waals surface area contributed by atoms with E-state index in [4.69, 9.17) is 4.74 Å². The minimum atomic E-state index is -0.442. The van der Waals surface area contributed by atoms with E-state index >= 15 is 0 Å². The number of carbonyl (C=O) groups excluding carboxylic acids is 2. The van der Waals surface area contributed by atoms with Crippen molar-refractivity contribution < 1.29 is 14.3 Å². The molecule has 1 N–H and O–H groups in total. The van der Waals surface area contributed by atoms with Crippen LogP contribution in [0, 0.1) is 5.92 Å². The molecule has 27 heavy (non-hydrogen) atoms. The maximum absolute atomic E-state index is 12.9. The molecule has 1 aliphatic heterocycles. The van der Waals surface area contributed by atoms with E-state index in [1.54, 1.807) is 31.6 Å². The number of hydrogen-bond donors (Lipinski definition) is 1. The molecule has 1 aromatic carbocycles. The van der Waals surface area contributed by atoms with Crippen molar-refractivity contribution in [1.82, 2.24) is 9.88 Å². The predicted octanol–water partition coefficient (Wildman–Crippen LogP) is 3.42. The van der Waals surface area contributed by atoms with Crippen molar-refractivity contribution in [2.75, 3.05) is 19.0 Å². The average Bonchev–Trinajstić information content (AvgIpc) is 3.03. The van der Waals surface area contributed by atoms with Crippen molar-refractivity contribution in [3.8, 4) is 5.75 Å². The van der Waals surface area contributed by atoms with Gasteiger partial charge in [-0.3, -0.25) is 14.6 Å². The Morgan fingerprint density at radius 1 is 1.30 bits per heavy atom. The van der Waals surface area contributed by atoms with E-state index in [0.717, 1.165) is 24.2 Å². The van der Waals surface area contributed by atoms with E-state index in [1.807, 2.05) is 29.2 Å². The number of amides is 2. The van der Waals surface area contributed by atoms with Gasteiger partial charge in [-0.25, -0.2) is 0 Å². The first kappa shape index (κ1) is 18.9. The second kappa shape index (κ2) is 8.66. The number of ether oxygens (including phenoxy) is 1. The topological polar surface area (TPSA) is 71.5 Å². The fourth-order valence-electron chi connectivity index (χ4n) is 3.50. The van der Waals surface area contributed by atoms with Crippen molar-refractivity contribution >= 4 is 17.5 Å². The first-order valence-corrected chi connectivity index (χ1v) is 9.28. The lowest BCUT2D eigenvalue weighted by molar-refractivity contribution is -0.129. The van der Waals surface area contributed by atoms with Crippen LogP contribution in [0.25, 0.3) is 0 Å². The van der Waals surface area contributed by atoms with Gasteiger partial charge in [0.25, 0.3) is 0 Å². The van der Waals surface area contributed by atoms with E-state index in [2.05, 4.69) is 17.2 Å². The summed E-state index contributed by atoms with van der Waals surface area (Å²) in [6.45, 7) is 2.75. The number of carbonyl (C=O) groups is 2. The number of pyridine rings is 1. The Hall–Kier alpha value is -2.89. The van der Waals surface area contributed by atoms with Crippen LogP contribution in [0.15, 0.2) is 48.8 Å². The maximum Gasteiger partial charge on any atom is 0.230 e. The smallest absolute Gasteiger partial charge is 0.230 e. The van der Waals surface area contributed by atoms with Crippen LogP contribution in [0.1, 0.15) is 37.8 Å². The molecule has 0 radical (unpaired) electrons. The lowest BCUT2D eigenvalue weighted by Gasteiger charge is -2.28. The third-order valence-electron chi connectivity index (χ3n) is 4.91. The Morgan fingerprint density at radius 2 is 2.07 bits per heavy atom. The average molecular weight is 367 g/mol. The summed E-state index contributed by atoms with van der Waals surface area (Å²) in [5.74, 6) is 0.175. The minimum Gasteiger partial charge on any atom is -0.497 e. The lowest BCUT2D eigenvalue weighted by Crippen LogP contribution is -2.33. The first-order chi connectivity index (χ1) is 13.1. The quantitative estimate of drug-likeness (QED) is 0.814. The summed E-state index contributed by atoms with van der Waals surface area (Å²) < 4.78 is 5.23. The molecule has 2 unspecified atom stereocenters. The van der Waals surface area contributed by atoms with E-state index in [-0.39, 0.29) is 24.3 Å². The van der Waals surface area contributed by atoms with Gasteiger partial charge in [-0.2, -0.15) is 0 Å². The van der Waals surface area contributed by atoms with Gasteiger partial charge in [-0.05, 0) is 36.2 Å². The zero-order chi connectivity index (χ0) is 19.2. The van der Waals surface area contributed by atoms with Crippen LogP contribution in [0.4, 0.5) is 5.69 Å². The third-order valence-corrected chi connectivity index (χ3v) is 4.91. The minimum absolute atomic E-state index is 0.0237. The van der Waals surface area contributed by atoms with Crippen LogP contribution >= 0.6 is 0 Å². The van der Waals surface area contributed by atoms with Crippen LogP contribution < -0.4 is 10.1 Å². The van der Waals surface area contributed by atoms with Crippen molar-refractivity contribution in [3.05, 3.63) is 54.4 Å². The molecule has 1 aromatic heterocycles. The van der Waals surface area contributed by atoms with Gasteiger partial charge >= 0.3 is 0 Å². The number of benzene rings is 1. The first-order valence-electron chi connectivity index (χ1n) is 9.28. The molecule has 2 aromatic rings. The summed E-state index contributed by atoms with van der Waals surface area (Å²) >= 11 is 0. The van der Waals surface area contributed by atoms with Gasteiger partial charge in [0.15, 0.2) is 0 Å². The highest BCUT2D eigenvalue weighted by atomic mass is 16.5. The Kier molecular flexibility index (Phi) is 6.06. The number of anilines is 1. The molecule has 142 valence electrons. The van der Waals surface area contributed by atoms with Crippen molar-refractivity contribution in [1.29, 1.82) is 0 Å².